The lowest BCUT2D eigenvalue weighted by Gasteiger charge is -2.06. The Labute approximate surface area is 689 Å². The van der Waals surface area contributed by atoms with Crippen molar-refractivity contribution in [3.05, 3.63) is 216 Å². The van der Waals surface area contributed by atoms with Crippen LogP contribution < -0.4 is 50.8 Å². The molecule has 0 atom stereocenters. The number of benzene rings is 3. The van der Waals surface area contributed by atoms with E-state index >= 15 is 0 Å². The quantitative estimate of drug-likeness (QED) is 0.0208. The van der Waals surface area contributed by atoms with E-state index in [1.165, 1.54) is 41.5 Å². The van der Waals surface area contributed by atoms with Crippen LogP contribution in [0, 0.1) is 0 Å². The van der Waals surface area contributed by atoms with Crippen LogP contribution in [-0.2, 0) is 99.5 Å². The van der Waals surface area contributed by atoms with Crippen molar-refractivity contribution in [1.82, 2.24) is 40.5 Å². The third kappa shape index (κ3) is 53.1. The number of amides is 6. The van der Waals surface area contributed by atoms with E-state index in [2.05, 4.69) is 80.8 Å². The third-order valence-corrected chi connectivity index (χ3v) is 14.6. The molecule has 30 heteroatoms. The Morgan fingerprint density at radius 1 is 0.282 bits per heavy atom. The summed E-state index contributed by atoms with van der Waals surface area (Å²) in [5.74, 6) is 2.68. The lowest BCUT2D eigenvalue weighted by atomic mass is 10.0. The number of carbonyl (C=O) groups excluding carboxylic acids is 6. The maximum atomic E-state index is 11.0. The molecule has 6 amide bonds. The normalized spacial score (nSPS) is 9.76. The van der Waals surface area contributed by atoms with Crippen molar-refractivity contribution in [2.45, 2.75) is 100 Å². The van der Waals surface area contributed by atoms with Crippen molar-refractivity contribution in [3.8, 4) is 45.8 Å². The minimum Gasteiger partial charge on any atom is -0.497 e. The molecule has 9 rings (SSSR count). The summed E-state index contributed by atoms with van der Waals surface area (Å²) in [5.41, 5.74) is 12.1. The number of unbranched alkanes of at least 4 members (excludes halogenated alkanes) is 3. The smallest absolute Gasteiger partial charge is 0.221 e. The minimum absolute atomic E-state index is 0.0308. The first-order chi connectivity index (χ1) is 56.4. The largest absolute Gasteiger partial charge is 0.497 e. The Kier molecular flexibility index (Phi) is 58.7. The molecule has 0 fully saturated rings. The first-order valence-electron chi connectivity index (χ1n) is 37.1. The Morgan fingerprint density at radius 3 is 0.769 bits per heavy atom. The average Bonchev–Trinajstić information content (AvgIpc) is 0.854. The van der Waals surface area contributed by atoms with Crippen LogP contribution in [-0.4, -0.2) is 190 Å². The third-order valence-electron chi connectivity index (χ3n) is 14.6. The van der Waals surface area contributed by atoms with Gasteiger partial charge in [-0.1, -0.05) is 55.3 Å². The molecule has 117 heavy (non-hydrogen) atoms. The topological polar surface area (TPSA) is 363 Å². The molecular weight excluding hydrogens is 1500 g/mol. The van der Waals surface area contributed by atoms with Gasteiger partial charge in [-0.2, -0.15) is 0 Å². The van der Waals surface area contributed by atoms with Gasteiger partial charge in [-0.05, 0) is 121 Å². The monoisotopic (exact) mass is 1620 g/mol. The standard InChI is InChI=1S/C17H18N2O2.2C12H12N2O2.C10H12N2O2.C10H20N2O2.2C9H13NO2.2C4H10O2/c1-12(20)18-16-7-3-14(4-8-16)11-15-5-9-17(10-6-15)19-13(2)21;2*1-15-9-3-5-13-11(7-9)12-8-10(16-2)4-6-14-12;1-7(13)11-9-4-3-5-10(6-9)12-8(2)14;1-9(13)11-7-5-3-4-6-8-12-10(2)14;2*1-11-6-8-4-3-5-9(10-8)7-12-2;2*1-5-3-4-6-2/h3-10H,11H2,1-2H3,(H,18,20)(H,19,21);2*3-8H,1-2H3;3-6H,1-2H3,(H,11,13)(H,12,14);3-8H2,1-2H3,(H,11,13)(H,12,14);2*3-5H,6-7H2,1-2H3;2*3-4H2,1-2H3. The predicted molar refractivity (Wildman–Crippen MR) is 455 cm³/mol. The number of methoxy groups -OCH3 is 12. The van der Waals surface area contributed by atoms with Crippen molar-refractivity contribution < 1.29 is 85.6 Å². The van der Waals surface area contributed by atoms with Crippen LogP contribution in [0.4, 0.5) is 22.7 Å². The van der Waals surface area contributed by atoms with Crippen LogP contribution in [0.5, 0.6) is 23.0 Å². The Morgan fingerprint density at radius 2 is 0.538 bits per heavy atom. The predicted octanol–water partition coefficient (Wildman–Crippen LogP) is 13.2. The fourth-order valence-corrected chi connectivity index (χ4v) is 9.29. The molecule has 6 N–H and O–H groups in total. The van der Waals surface area contributed by atoms with E-state index in [0.29, 0.717) is 64.2 Å². The summed E-state index contributed by atoms with van der Waals surface area (Å²) in [5, 5.41) is 16.2. The number of hydrogen-bond acceptors (Lipinski definition) is 24. The summed E-state index contributed by atoms with van der Waals surface area (Å²) < 4.78 is 59.0. The Hall–Kier alpha value is -11.7. The minimum atomic E-state index is -0.134. The van der Waals surface area contributed by atoms with Gasteiger partial charge in [0.1, 0.15) is 23.0 Å². The van der Waals surface area contributed by atoms with E-state index in [-0.39, 0.29) is 35.4 Å². The van der Waals surface area contributed by atoms with E-state index in [4.69, 9.17) is 37.9 Å². The van der Waals surface area contributed by atoms with Crippen LogP contribution in [0.1, 0.15) is 101 Å². The number of pyridine rings is 6. The van der Waals surface area contributed by atoms with Gasteiger partial charge in [0.25, 0.3) is 0 Å². The van der Waals surface area contributed by atoms with Gasteiger partial charge >= 0.3 is 0 Å². The van der Waals surface area contributed by atoms with Gasteiger partial charge in [0.05, 0.1) is 127 Å². The second-order valence-electron chi connectivity index (χ2n) is 24.5. The fourth-order valence-electron chi connectivity index (χ4n) is 9.29. The van der Waals surface area contributed by atoms with Gasteiger partial charge in [0.2, 0.25) is 35.4 Å². The highest BCUT2D eigenvalue weighted by atomic mass is 16.5. The highest BCUT2D eigenvalue weighted by Gasteiger charge is 2.08. The Balaban J connectivity index is 0.000000671. The number of hydrogen-bond donors (Lipinski definition) is 6. The van der Waals surface area contributed by atoms with E-state index in [0.717, 1.165) is 136 Å². The SMILES string of the molecule is CC(=O)NCCCCCCNC(C)=O.CC(=O)Nc1ccc(Cc2ccc(NC(C)=O)cc2)cc1.CC(=O)Nc1cccc(NC(C)=O)c1.COCCOC.COCCOC.COCc1cccc(COC)n1.COCc1cccc(COC)n1.COc1ccnc(-c2cc(OC)ccn2)c1.COc1ccnc(-c2cc(OC)ccn2)c1. The molecule has 0 spiro atoms. The molecule has 6 heterocycles. The van der Waals surface area contributed by atoms with Crippen LogP contribution in [0.2, 0.25) is 0 Å². The first-order valence-corrected chi connectivity index (χ1v) is 37.1. The zero-order chi connectivity index (χ0) is 86.6. The Bertz CT molecular complexity index is 3780. The van der Waals surface area contributed by atoms with E-state index in [9.17, 15) is 28.8 Å². The van der Waals surface area contributed by atoms with Gasteiger partial charge in [-0.15, -0.1) is 0 Å². The summed E-state index contributed by atoms with van der Waals surface area (Å²) in [6, 6.07) is 48.7. The van der Waals surface area contributed by atoms with E-state index in [1.807, 2.05) is 109 Å². The lowest BCUT2D eigenvalue weighted by Crippen LogP contribution is -2.21. The molecular formula is C87H120N12O18. The molecule has 0 aliphatic rings. The van der Waals surface area contributed by atoms with E-state index in [1.54, 1.807) is 159 Å². The number of rotatable bonds is 33. The van der Waals surface area contributed by atoms with Gasteiger partial charge in [-0.25, -0.2) is 0 Å². The molecule has 0 unspecified atom stereocenters. The molecule has 0 saturated heterocycles. The van der Waals surface area contributed by atoms with Crippen molar-refractivity contribution in [2.75, 3.05) is 146 Å². The molecule has 9 aromatic rings. The van der Waals surface area contributed by atoms with Crippen LogP contribution >= 0.6 is 0 Å². The van der Waals surface area contributed by atoms with Gasteiger partial charge in [0.15, 0.2) is 0 Å². The lowest BCUT2D eigenvalue weighted by molar-refractivity contribution is -0.119. The molecule has 0 aliphatic heterocycles. The highest BCUT2D eigenvalue weighted by Crippen LogP contribution is 2.25. The van der Waals surface area contributed by atoms with Crippen LogP contribution in [0.25, 0.3) is 22.8 Å². The van der Waals surface area contributed by atoms with Crippen LogP contribution in [0.15, 0.2) is 183 Å². The van der Waals surface area contributed by atoms with Crippen LogP contribution in [0.3, 0.4) is 0 Å². The molecule has 0 bridgehead atoms. The molecule has 636 valence electrons. The van der Waals surface area contributed by atoms with E-state index < -0.39 is 0 Å². The molecule has 3 aromatic carbocycles. The maximum Gasteiger partial charge on any atom is 0.221 e. The molecule has 0 aliphatic carbocycles. The highest BCUT2D eigenvalue weighted by molar-refractivity contribution is 5.92. The fraction of sp³-hybridized carbons (Fsp3) is 0.379. The average molecular weight is 1620 g/mol. The maximum absolute atomic E-state index is 11.0. The number of aromatic nitrogens is 6. The summed E-state index contributed by atoms with van der Waals surface area (Å²) in [7, 11) is 19.7. The zero-order valence-electron chi connectivity index (χ0n) is 71.0. The van der Waals surface area contributed by atoms with Crippen molar-refractivity contribution in [3.63, 3.8) is 0 Å². The zero-order valence-corrected chi connectivity index (χ0v) is 71.0. The summed E-state index contributed by atoms with van der Waals surface area (Å²) in [6.45, 7) is 15.4. The summed E-state index contributed by atoms with van der Waals surface area (Å²) >= 11 is 0. The van der Waals surface area contributed by atoms with Crippen molar-refractivity contribution >= 4 is 58.2 Å². The molecule has 0 radical (unpaired) electrons. The number of nitrogens with one attached hydrogen (secondary N) is 6. The number of nitrogens with zero attached hydrogens (tertiary/aromatic N) is 6. The summed E-state index contributed by atoms with van der Waals surface area (Å²) in [4.78, 5) is 89.9. The number of carbonyl (C=O) groups is 6. The summed E-state index contributed by atoms with van der Waals surface area (Å²) in [6.07, 6.45) is 11.8. The second-order valence-corrected chi connectivity index (χ2v) is 24.5. The molecule has 6 aromatic heterocycles. The molecule has 0 saturated carbocycles. The van der Waals surface area contributed by atoms with Gasteiger partial charge < -0.3 is 88.7 Å². The second kappa shape index (κ2) is 66.5. The van der Waals surface area contributed by atoms with Crippen molar-refractivity contribution in [1.29, 1.82) is 0 Å². The van der Waals surface area contributed by atoms with Gasteiger partial charge in [0, 0.05) is 183 Å². The van der Waals surface area contributed by atoms with Gasteiger partial charge in [-0.3, -0.25) is 58.7 Å². The molecule has 30 nitrogen and oxygen atoms in total. The number of anilines is 4. The number of ether oxygens (including phenoxy) is 12. The van der Waals surface area contributed by atoms with Crippen molar-refractivity contribution in [2.24, 2.45) is 0 Å². The first kappa shape index (κ1) is 103.